The lowest BCUT2D eigenvalue weighted by atomic mass is 10.0. The predicted octanol–water partition coefficient (Wildman–Crippen LogP) is 3.79. The summed E-state index contributed by atoms with van der Waals surface area (Å²) in [6.07, 6.45) is 4.20. The van der Waals surface area contributed by atoms with Crippen LogP contribution in [0.1, 0.15) is 16.8 Å². The van der Waals surface area contributed by atoms with E-state index in [-0.39, 0.29) is 5.91 Å². The highest BCUT2D eigenvalue weighted by Crippen LogP contribution is 2.38. The van der Waals surface area contributed by atoms with Crippen molar-refractivity contribution >= 4 is 22.9 Å². The summed E-state index contributed by atoms with van der Waals surface area (Å²) in [6, 6.07) is 11.9. The summed E-state index contributed by atoms with van der Waals surface area (Å²) in [5.41, 5.74) is 4.36. The highest BCUT2D eigenvalue weighted by atomic mass is 16.5. The standard InChI is InChI=1S/C23H24N2O4/c1-27-20-12-15(13-21(28-2)23(20)29-3)8-9-22(26)25-11-10-19-17(14-25)16-6-4-5-7-18(16)24-19/h4-9,12-13,24H,10-11,14H2,1-3H3. The van der Waals surface area contributed by atoms with Crippen LogP contribution in [0.3, 0.4) is 0 Å². The maximum atomic E-state index is 12.8. The number of H-pyrrole nitrogens is 1. The van der Waals surface area contributed by atoms with Crippen molar-refractivity contribution in [3.05, 3.63) is 59.3 Å². The number of methoxy groups -OCH3 is 3. The topological polar surface area (TPSA) is 63.8 Å². The number of hydrogen-bond acceptors (Lipinski definition) is 4. The number of hydrogen-bond donors (Lipinski definition) is 1. The number of carbonyl (C=O) groups excluding carboxylic acids is 1. The van der Waals surface area contributed by atoms with Crippen LogP contribution in [0.15, 0.2) is 42.5 Å². The summed E-state index contributed by atoms with van der Waals surface area (Å²) in [5, 5.41) is 1.19. The van der Waals surface area contributed by atoms with Crippen molar-refractivity contribution in [2.45, 2.75) is 13.0 Å². The van der Waals surface area contributed by atoms with Crippen molar-refractivity contribution < 1.29 is 19.0 Å². The minimum atomic E-state index is -0.0188. The molecule has 0 spiro atoms. The van der Waals surface area contributed by atoms with Crippen molar-refractivity contribution in [3.63, 3.8) is 0 Å². The van der Waals surface area contributed by atoms with E-state index in [1.807, 2.05) is 29.2 Å². The molecule has 0 atom stereocenters. The number of aromatic amines is 1. The molecule has 2 heterocycles. The first-order valence-electron chi connectivity index (χ1n) is 9.50. The lowest BCUT2D eigenvalue weighted by Gasteiger charge is -2.26. The molecule has 0 fully saturated rings. The average Bonchev–Trinajstić information content (AvgIpc) is 3.14. The molecule has 1 amide bonds. The zero-order valence-electron chi connectivity index (χ0n) is 16.8. The summed E-state index contributed by atoms with van der Waals surface area (Å²) in [5.74, 6) is 1.62. The second-order valence-electron chi connectivity index (χ2n) is 6.93. The Balaban J connectivity index is 1.55. The molecule has 0 radical (unpaired) electrons. The minimum absolute atomic E-state index is 0.0188. The molecule has 1 aromatic heterocycles. The number of nitrogens with one attached hydrogen (secondary N) is 1. The Morgan fingerprint density at radius 3 is 2.48 bits per heavy atom. The fraction of sp³-hybridized carbons (Fsp3) is 0.261. The highest BCUT2D eigenvalue weighted by molar-refractivity contribution is 5.93. The zero-order chi connectivity index (χ0) is 20.4. The van der Waals surface area contributed by atoms with Gasteiger partial charge in [0.2, 0.25) is 11.7 Å². The van der Waals surface area contributed by atoms with E-state index in [0.717, 1.165) is 17.5 Å². The molecule has 0 unspecified atom stereocenters. The van der Waals surface area contributed by atoms with Crippen LogP contribution >= 0.6 is 0 Å². The van der Waals surface area contributed by atoms with Gasteiger partial charge in [0, 0.05) is 47.7 Å². The Hall–Kier alpha value is -3.41. The summed E-state index contributed by atoms with van der Waals surface area (Å²) < 4.78 is 16.1. The fourth-order valence-electron chi connectivity index (χ4n) is 3.83. The molecule has 1 aliphatic heterocycles. The van der Waals surface area contributed by atoms with Gasteiger partial charge in [0.15, 0.2) is 11.5 Å². The Morgan fingerprint density at radius 1 is 1.07 bits per heavy atom. The Morgan fingerprint density at radius 2 is 1.79 bits per heavy atom. The monoisotopic (exact) mass is 392 g/mol. The Labute approximate surface area is 169 Å². The van der Waals surface area contributed by atoms with Gasteiger partial charge in [0.05, 0.1) is 21.3 Å². The summed E-state index contributed by atoms with van der Waals surface area (Å²) in [6.45, 7) is 1.30. The maximum absolute atomic E-state index is 12.8. The second kappa shape index (κ2) is 7.91. The van der Waals surface area contributed by atoms with E-state index in [1.54, 1.807) is 33.5 Å². The van der Waals surface area contributed by atoms with Crippen LogP contribution in [0.5, 0.6) is 17.2 Å². The van der Waals surface area contributed by atoms with Crippen molar-refractivity contribution in [1.29, 1.82) is 0 Å². The average molecular weight is 392 g/mol. The highest BCUT2D eigenvalue weighted by Gasteiger charge is 2.22. The van der Waals surface area contributed by atoms with Crippen molar-refractivity contribution in [1.82, 2.24) is 9.88 Å². The quantitative estimate of drug-likeness (QED) is 0.671. The number of carbonyl (C=O) groups is 1. The minimum Gasteiger partial charge on any atom is -0.493 e. The first-order valence-corrected chi connectivity index (χ1v) is 9.50. The van der Waals surface area contributed by atoms with Crippen LogP contribution in [0.25, 0.3) is 17.0 Å². The number of rotatable bonds is 5. The van der Waals surface area contributed by atoms with Crippen LogP contribution in [-0.4, -0.2) is 43.7 Å². The van der Waals surface area contributed by atoms with E-state index in [4.69, 9.17) is 14.2 Å². The molecule has 6 nitrogen and oxygen atoms in total. The van der Waals surface area contributed by atoms with Gasteiger partial charge >= 0.3 is 0 Å². The molecule has 29 heavy (non-hydrogen) atoms. The van der Waals surface area contributed by atoms with E-state index >= 15 is 0 Å². The molecule has 0 aliphatic carbocycles. The molecule has 1 aliphatic rings. The second-order valence-corrected chi connectivity index (χ2v) is 6.93. The van der Waals surface area contributed by atoms with Gasteiger partial charge in [0.25, 0.3) is 0 Å². The Bertz CT molecular complexity index is 1060. The predicted molar refractivity (Wildman–Crippen MR) is 113 cm³/mol. The number of nitrogens with zero attached hydrogens (tertiary/aromatic N) is 1. The van der Waals surface area contributed by atoms with Crippen LogP contribution in [-0.2, 0) is 17.8 Å². The van der Waals surface area contributed by atoms with Gasteiger partial charge in [-0.3, -0.25) is 4.79 Å². The van der Waals surface area contributed by atoms with Gasteiger partial charge in [0.1, 0.15) is 0 Å². The molecule has 0 saturated heterocycles. The maximum Gasteiger partial charge on any atom is 0.246 e. The molecular weight excluding hydrogens is 368 g/mol. The number of ether oxygens (including phenoxy) is 3. The van der Waals surface area contributed by atoms with Crippen LogP contribution in [0.4, 0.5) is 0 Å². The molecular formula is C23H24N2O4. The molecule has 6 heteroatoms. The lowest BCUT2D eigenvalue weighted by molar-refractivity contribution is -0.126. The lowest BCUT2D eigenvalue weighted by Crippen LogP contribution is -2.34. The van der Waals surface area contributed by atoms with E-state index in [1.165, 1.54) is 16.6 Å². The van der Waals surface area contributed by atoms with Gasteiger partial charge in [-0.1, -0.05) is 18.2 Å². The number of fused-ring (bicyclic) bond motifs is 3. The van der Waals surface area contributed by atoms with Gasteiger partial charge in [-0.25, -0.2) is 0 Å². The van der Waals surface area contributed by atoms with Gasteiger partial charge in [-0.15, -0.1) is 0 Å². The van der Waals surface area contributed by atoms with E-state index in [2.05, 4.69) is 17.1 Å². The van der Waals surface area contributed by atoms with Gasteiger partial charge < -0.3 is 24.1 Å². The summed E-state index contributed by atoms with van der Waals surface area (Å²) in [4.78, 5) is 18.2. The number of aromatic nitrogens is 1. The number of amides is 1. The third-order valence-electron chi connectivity index (χ3n) is 5.30. The van der Waals surface area contributed by atoms with Crippen molar-refractivity contribution in [2.24, 2.45) is 0 Å². The van der Waals surface area contributed by atoms with Crippen LogP contribution in [0, 0.1) is 0 Å². The van der Waals surface area contributed by atoms with E-state index < -0.39 is 0 Å². The van der Waals surface area contributed by atoms with Gasteiger partial charge in [-0.05, 0) is 29.8 Å². The smallest absolute Gasteiger partial charge is 0.246 e. The third kappa shape index (κ3) is 3.53. The SMILES string of the molecule is COc1cc(C=CC(=O)N2CCc3[nH]c4ccccc4c3C2)cc(OC)c1OC. The first-order chi connectivity index (χ1) is 14.1. The molecule has 150 valence electrons. The van der Waals surface area contributed by atoms with Crippen molar-refractivity contribution in [3.8, 4) is 17.2 Å². The largest absolute Gasteiger partial charge is 0.493 e. The third-order valence-corrected chi connectivity index (χ3v) is 5.30. The fourth-order valence-corrected chi connectivity index (χ4v) is 3.83. The zero-order valence-corrected chi connectivity index (χ0v) is 16.8. The van der Waals surface area contributed by atoms with Gasteiger partial charge in [-0.2, -0.15) is 0 Å². The van der Waals surface area contributed by atoms with E-state index in [9.17, 15) is 4.79 Å². The van der Waals surface area contributed by atoms with Crippen LogP contribution < -0.4 is 14.2 Å². The molecule has 0 bridgehead atoms. The molecule has 1 N–H and O–H groups in total. The number of para-hydroxylation sites is 1. The summed E-state index contributed by atoms with van der Waals surface area (Å²) in [7, 11) is 4.71. The van der Waals surface area contributed by atoms with Crippen molar-refractivity contribution in [2.75, 3.05) is 27.9 Å². The first kappa shape index (κ1) is 18.9. The van der Waals surface area contributed by atoms with E-state index in [0.29, 0.717) is 30.3 Å². The Kier molecular flexibility index (Phi) is 5.16. The molecule has 4 rings (SSSR count). The normalized spacial score (nSPS) is 13.6. The molecule has 0 saturated carbocycles. The molecule has 2 aromatic carbocycles. The number of benzene rings is 2. The summed E-state index contributed by atoms with van der Waals surface area (Å²) >= 11 is 0. The van der Waals surface area contributed by atoms with Crippen LogP contribution in [0.2, 0.25) is 0 Å². The molecule has 3 aromatic rings.